The molecule has 0 amide bonds. The third kappa shape index (κ3) is 1.62. The summed E-state index contributed by atoms with van der Waals surface area (Å²) in [6, 6.07) is 2.92. The highest BCUT2D eigenvalue weighted by Gasteiger charge is 2.10. The van der Waals surface area contributed by atoms with Crippen LogP contribution in [0.3, 0.4) is 0 Å². The lowest BCUT2D eigenvalue weighted by Gasteiger charge is -1.91. The maximum atomic E-state index is 10.3. The summed E-state index contributed by atoms with van der Waals surface area (Å²) >= 11 is 5.41. The van der Waals surface area contributed by atoms with Crippen LogP contribution < -0.4 is 0 Å². The zero-order valence-corrected chi connectivity index (χ0v) is 6.26. The first kappa shape index (κ1) is 7.88. The van der Waals surface area contributed by atoms with Gasteiger partial charge in [-0.2, -0.15) is 0 Å². The fraction of sp³-hybridized carbons (Fsp3) is 0. The molecule has 0 saturated carbocycles. The molecule has 58 valence electrons. The van der Waals surface area contributed by atoms with E-state index in [0.717, 1.165) is 0 Å². The van der Waals surface area contributed by atoms with Crippen LogP contribution in [0.15, 0.2) is 23.1 Å². The number of hydrogen-bond donors (Lipinski definition) is 1. The molecule has 0 unspecified atom stereocenters. The molecule has 11 heavy (non-hydrogen) atoms. The Balaban J connectivity index is 2.94. The lowest BCUT2D eigenvalue weighted by atomic mass is 10.2. The Kier molecular flexibility index (Phi) is 2.01. The number of aliphatic carboxylic acids is 1. The minimum absolute atomic E-state index is 0.100. The van der Waals surface area contributed by atoms with Gasteiger partial charge in [0, 0.05) is 0 Å². The van der Waals surface area contributed by atoms with Gasteiger partial charge in [0.05, 0.1) is 5.57 Å². The second-order valence-electron chi connectivity index (χ2n) is 1.89. The first-order valence-corrected chi connectivity index (χ1v) is 3.17. The van der Waals surface area contributed by atoms with Crippen LogP contribution in [-0.2, 0) is 4.79 Å². The molecule has 0 aliphatic carbocycles. The highest BCUT2D eigenvalue weighted by atomic mass is 35.5. The third-order valence-corrected chi connectivity index (χ3v) is 1.33. The molecule has 1 rings (SSSR count). The first-order valence-electron chi connectivity index (χ1n) is 2.79. The summed E-state index contributed by atoms with van der Waals surface area (Å²) in [4.78, 5) is 10.3. The van der Waals surface area contributed by atoms with Crippen molar-refractivity contribution >= 4 is 23.1 Å². The Morgan fingerprint density at radius 3 is 2.64 bits per heavy atom. The van der Waals surface area contributed by atoms with Crippen LogP contribution in [0.1, 0.15) is 5.76 Å². The third-order valence-electron chi connectivity index (χ3n) is 1.13. The van der Waals surface area contributed by atoms with Crippen molar-refractivity contribution in [2.75, 3.05) is 0 Å². The van der Waals surface area contributed by atoms with Crippen LogP contribution in [0.2, 0.25) is 5.22 Å². The second kappa shape index (κ2) is 2.80. The number of carboxylic acids is 1. The lowest BCUT2D eigenvalue weighted by molar-refractivity contribution is -0.130. The van der Waals surface area contributed by atoms with Gasteiger partial charge in [-0.1, -0.05) is 6.58 Å². The molecule has 0 aliphatic rings. The van der Waals surface area contributed by atoms with Gasteiger partial charge in [0.1, 0.15) is 5.76 Å². The van der Waals surface area contributed by atoms with Gasteiger partial charge in [-0.3, -0.25) is 0 Å². The van der Waals surface area contributed by atoms with Gasteiger partial charge < -0.3 is 9.52 Å². The van der Waals surface area contributed by atoms with E-state index in [1.165, 1.54) is 12.1 Å². The predicted octanol–water partition coefficient (Wildman–Crippen LogP) is 2.03. The summed E-state index contributed by atoms with van der Waals surface area (Å²) in [7, 11) is 0. The predicted molar refractivity (Wildman–Crippen MR) is 40.4 cm³/mol. The lowest BCUT2D eigenvalue weighted by Crippen LogP contribution is -1.95. The zero-order valence-electron chi connectivity index (χ0n) is 5.50. The van der Waals surface area contributed by atoms with Gasteiger partial charge in [0.15, 0.2) is 5.22 Å². The van der Waals surface area contributed by atoms with Gasteiger partial charge in [0.25, 0.3) is 0 Å². The van der Waals surface area contributed by atoms with E-state index in [4.69, 9.17) is 21.1 Å². The first-order chi connectivity index (χ1) is 5.11. The van der Waals surface area contributed by atoms with Crippen molar-refractivity contribution in [3.05, 3.63) is 29.7 Å². The average molecular weight is 173 g/mol. The standard InChI is InChI=1S/C7H5ClO3/c1-4(7(9)10)5-2-3-6(8)11-5/h2-3H,1H2,(H,9,10). The van der Waals surface area contributed by atoms with Crippen LogP contribution in [0.4, 0.5) is 0 Å². The maximum Gasteiger partial charge on any atom is 0.338 e. The van der Waals surface area contributed by atoms with Crippen LogP contribution >= 0.6 is 11.6 Å². The Morgan fingerprint density at radius 2 is 2.27 bits per heavy atom. The monoisotopic (exact) mass is 172 g/mol. The molecule has 1 heterocycles. The van der Waals surface area contributed by atoms with E-state index in [9.17, 15) is 4.79 Å². The van der Waals surface area contributed by atoms with Crippen molar-refractivity contribution < 1.29 is 14.3 Å². The largest absolute Gasteiger partial charge is 0.478 e. The number of furan rings is 1. The fourth-order valence-electron chi connectivity index (χ4n) is 0.582. The molecular weight excluding hydrogens is 168 g/mol. The fourth-order valence-corrected chi connectivity index (χ4v) is 0.728. The maximum absolute atomic E-state index is 10.3. The molecule has 0 aliphatic heterocycles. The van der Waals surface area contributed by atoms with Gasteiger partial charge in [-0.25, -0.2) is 4.79 Å². The summed E-state index contributed by atoms with van der Waals surface area (Å²) in [5.74, 6) is -0.932. The number of rotatable bonds is 2. The van der Waals surface area contributed by atoms with Gasteiger partial charge in [-0.05, 0) is 23.7 Å². The Morgan fingerprint density at radius 1 is 1.64 bits per heavy atom. The molecular formula is C7H5ClO3. The van der Waals surface area contributed by atoms with Gasteiger partial charge in [0.2, 0.25) is 0 Å². The van der Waals surface area contributed by atoms with Crippen LogP contribution in [-0.4, -0.2) is 11.1 Å². The normalized spacial score (nSPS) is 9.55. The van der Waals surface area contributed by atoms with Crippen molar-refractivity contribution in [2.24, 2.45) is 0 Å². The second-order valence-corrected chi connectivity index (χ2v) is 2.26. The van der Waals surface area contributed by atoms with Crippen molar-refractivity contribution in [1.82, 2.24) is 0 Å². The summed E-state index contributed by atoms with van der Waals surface area (Å²) < 4.78 is 4.79. The molecule has 1 N–H and O–H groups in total. The highest BCUT2D eigenvalue weighted by molar-refractivity contribution is 6.29. The number of hydrogen-bond acceptors (Lipinski definition) is 2. The summed E-state index contributed by atoms with van der Waals surface area (Å²) in [6.45, 7) is 3.29. The van der Waals surface area contributed by atoms with Crippen LogP contribution in [0, 0.1) is 0 Å². The number of halogens is 1. The van der Waals surface area contributed by atoms with E-state index < -0.39 is 5.97 Å². The molecule has 0 fully saturated rings. The molecule has 3 nitrogen and oxygen atoms in total. The quantitative estimate of drug-likeness (QED) is 0.695. The van der Waals surface area contributed by atoms with Crippen molar-refractivity contribution in [3.8, 4) is 0 Å². The Hall–Kier alpha value is -1.22. The van der Waals surface area contributed by atoms with Gasteiger partial charge in [-0.15, -0.1) is 0 Å². The minimum Gasteiger partial charge on any atom is -0.478 e. The van der Waals surface area contributed by atoms with Crippen LogP contribution in [0.5, 0.6) is 0 Å². The van der Waals surface area contributed by atoms with Crippen molar-refractivity contribution in [1.29, 1.82) is 0 Å². The molecule has 4 heteroatoms. The molecule has 1 aromatic rings. The van der Waals surface area contributed by atoms with E-state index in [1.54, 1.807) is 0 Å². The average Bonchev–Trinajstić information content (AvgIpc) is 2.34. The Bertz CT molecular complexity index is 300. The number of carboxylic acid groups (broad SMARTS) is 1. The molecule has 0 atom stereocenters. The molecule has 0 saturated heterocycles. The molecule has 0 radical (unpaired) electrons. The van der Waals surface area contributed by atoms with Gasteiger partial charge >= 0.3 is 5.97 Å². The van der Waals surface area contributed by atoms with E-state index in [2.05, 4.69) is 6.58 Å². The zero-order chi connectivity index (χ0) is 8.43. The summed E-state index contributed by atoms with van der Waals surface area (Å²) in [5.41, 5.74) is -0.100. The topological polar surface area (TPSA) is 50.4 Å². The minimum atomic E-state index is -1.11. The summed E-state index contributed by atoms with van der Waals surface area (Å²) in [5, 5.41) is 8.60. The van der Waals surface area contributed by atoms with Crippen molar-refractivity contribution in [3.63, 3.8) is 0 Å². The van der Waals surface area contributed by atoms with Crippen molar-refractivity contribution in [2.45, 2.75) is 0 Å². The SMILES string of the molecule is C=C(C(=O)O)c1ccc(Cl)o1. The molecule has 0 spiro atoms. The molecule has 0 bridgehead atoms. The molecule has 0 aromatic carbocycles. The summed E-state index contributed by atoms with van der Waals surface area (Å²) in [6.07, 6.45) is 0. The Labute approximate surface area is 67.9 Å². The van der Waals surface area contributed by atoms with E-state index in [1.807, 2.05) is 0 Å². The molecule has 1 aromatic heterocycles. The van der Waals surface area contributed by atoms with Crippen LogP contribution in [0.25, 0.3) is 5.57 Å². The van der Waals surface area contributed by atoms with E-state index in [-0.39, 0.29) is 16.6 Å². The highest BCUT2D eigenvalue weighted by Crippen LogP contribution is 2.19. The van der Waals surface area contributed by atoms with E-state index >= 15 is 0 Å². The number of carbonyl (C=O) groups is 1. The van der Waals surface area contributed by atoms with E-state index in [0.29, 0.717) is 0 Å². The smallest absolute Gasteiger partial charge is 0.338 e.